The number of nitrogens with zero attached hydrogens (tertiary/aromatic N) is 1. The third-order valence-corrected chi connectivity index (χ3v) is 5.82. The minimum Gasteiger partial charge on any atom is -0.327 e. The average molecular weight is 393 g/mol. The summed E-state index contributed by atoms with van der Waals surface area (Å²) in [5.74, 6) is -0.140. The van der Waals surface area contributed by atoms with Crippen molar-refractivity contribution in [1.82, 2.24) is 4.90 Å². The first-order valence-electron chi connectivity index (χ1n) is 10.6. The second-order valence-corrected chi connectivity index (χ2v) is 8.06. The van der Waals surface area contributed by atoms with Gasteiger partial charge in [-0.05, 0) is 49.9 Å². The van der Waals surface area contributed by atoms with Crippen LogP contribution >= 0.6 is 0 Å². The second-order valence-electron chi connectivity index (χ2n) is 8.06. The van der Waals surface area contributed by atoms with Gasteiger partial charge in [0.1, 0.15) is 5.82 Å². The molecule has 28 heavy (non-hydrogen) atoms. The number of likely N-dealkylation sites (tertiary alicyclic amines) is 1. The number of halogens is 1. The molecule has 0 aliphatic carbocycles. The molecular formula is C21H33FN4O2+2. The fourth-order valence-corrected chi connectivity index (χ4v) is 4.12. The van der Waals surface area contributed by atoms with E-state index in [0.717, 1.165) is 26.2 Å². The van der Waals surface area contributed by atoms with E-state index in [2.05, 4.69) is 5.32 Å². The lowest BCUT2D eigenvalue weighted by atomic mass is 10.1. The molecule has 2 aliphatic heterocycles. The highest BCUT2D eigenvalue weighted by Gasteiger charge is 2.27. The summed E-state index contributed by atoms with van der Waals surface area (Å²) in [5.41, 5.74) is 0.607. The van der Waals surface area contributed by atoms with Crippen molar-refractivity contribution in [2.45, 2.75) is 32.1 Å². The lowest BCUT2D eigenvalue weighted by molar-refractivity contribution is -0.898. The van der Waals surface area contributed by atoms with E-state index in [9.17, 15) is 14.0 Å². The number of hydrogen-bond acceptors (Lipinski definition) is 2. The van der Waals surface area contributed by atoms with Crippen molar-refractivity contribution in [1.29, 1.82) is 0 Å². The number of amides is 2. The Morgan fingerprint density at radius 3 is 2.07 bits per heavy atom. The lowest BCUT2D eigenvalue weighted by Crippen LogP contribution is -3.16. The first-order chi connectivity index (χ1) is 13.6. The van der Waals surface area contributed by atoms with Crippen molar-refractivity contribution in [3.8, 4) is 0 Å². The maximum atomic E-state index is 12.9. The third kappa shape index (κ3) is 6.56. The van der Waals surface area contributed by atoms with Crippen LogP contribution in [-0.4, -0.2) is 69.1 Å². The Labute approximate surface area is 166 Å². The fraction of sp³-hybridized carbons (Fsp3) is 0.619. The Hall–Kier alpha value is -1.99. The van der Waals surface area contributed by atoms with Crippen molar-refractivity contribution < 1.29 is 23.8 Å². The molecule has 2 heterocycles. The Morgan fingerprint density at radius 1 is 0.857 bits per heavy atom. The summed E-state index contributed by atoms with van der Waals surface area (Å²) >= 11 is 0. The molecule has 2 fully saturated rings. The van der Waals surface area contributed by atoms with Crippen molar-refractivity contribution in [3.05, 3.63) is 30.1 Å². The normalized spacial score (nSPS) is 19.7. The number of nitrogens with one attached hydrogen (secondary N) is 3. The molecule has 2 aliphatic rings. The molecule has 7 heteroatoms. The van der Waals surface area contributed by atoms with E-state index in [1.165, 1.54) is 54.0 Å². The molecule has 0 radical (unpaired) electrons. The van der Waals surface area contributed by atoms with Crippen LogP contribution in [0.4, 0.5) is 10.1 Å². The van der Waals surface area contributed by atoms with Gasteiger partial charge in [-0.2, -0.15) is 0 Å². The van der Waals surface area contributed by atoms with Gasteiger partial charge in [0.15, 0.2) is 13.1 Å². The smallest absolute Gasteiger partial charge is 0.279 e. The van der Waals surface area contributed by atoms with Gasteiger partial charge < -0.3 is 20.0 Å². The molecule has 3 rings (SSSR count). The largest absolute Gasteiger partial charge is 0.327 e. The molecule has 1 aromatic carbocycles. The van der Waals surface area contributed by atoms with E-state index < -0.39 is 0 Å². The predicted octanol–water partition coefficient (Wildman–Crippen LogP) is -0.660. The molecule has 0 atom stereocenters. The van der Waals surface area contributed by atoms with Gasteiger partial charge in [0, 0.05) is 5.69 Å². The molecule has 0 unspecified atom stereocenters. The molecule has 0 spiro atoms. The van der Waals surface area contributed by atoms with E-state index >= 15 is 0 Å². The second kappa shape index (κ2) is 10.5. The fourth-order valence-electron chi connectivity index (χ4n) is 4.12. The molecule has 3 N–H and O–H groups in total. The Bertz CT molecular complexity index is 636. The van der Waals surface area contributed by atoms with Gasteiger partial charge in [0.2, 0.25) is 0 Å². The molecule has 2 saturated heterocycles. The van der Waals surface area contributed by atoms with E-state index in [-0.39, 0.29) is 17.6 Å². The molecule has 0 bridgehead atoms. The highest BCUT2D eigenvalue weighted by molar-refractivity contribution is 5.91. The van der Waals surface area contributed by atoms with Crippen LogP contribution < -0.4 is 15.1 Å². The van der Waals surface area contributed by atoms with Crippen molar-refractivity contribution in [2.24, 2.45) is 0 Å². The summed E-state index contributed by atoms with van der Waals surface area (Å²) in [6.45, 7) is 6.21. The Morgan fingerprint density at radius 2 is 1.43 bits per heavy atom. The molecule has 0 aromatic heterocycles. The van der Waals surface area contributed by atoms with Crippen LogP contribution in [0.3, 0.4) is 0 Å². The predicted molar refractivity (Wildman–Crippen MR) is 106 cm³/mol. The number of carbonyl (C=O) groups is 2. The van der Waals surface area contributed by atoms with Crippen LogP contribution in [0.2, 0.25) is 0 Å². The van der Waals surface area contributed by atoms with E-state index in [0.29, 0.717) is 31.9 Å². The molecule has 1 aromatic rings. The lowest BCUT2D eigenvalue weighted by Gasteiger charge is -2.32. The first-order valence-corrected chi connectivity index (χ1v) is 10.6. The molecule has 6 nitrogen and oxygen atoms in total. The minimum atomic E-state index is -0.318. The number of benzene rings is 1. The number of piperazine rings is 1. The maximum Gasteiger partial charge on any atom is 0.279 e. The minimum absolute atomic E-state index is 0.0774. The average Bonchev–Trinajstić information content (AvgIpc) is 2.66. The van der Waals surface area contributed by atoms with Gasteiger partial charge in [0.05, 0.1) is 39.3 Å². The van der Waals surface area contributed by atoms with Crippen LogP contribution in [-0.2, 0) is 9.59 Å². The summed E-state index contributed by atoms with van der Waals surface area (Å²) in [5, 5.41) is 2.81. The zero-order chi connectivity index (χ0) is 19.8. The summed E-state index contributed by atoms with van der Waals surface area (Å²) in [4.78, 5) is 29.4. The van der Waals surface area contributed by atoms with E-state index in [4.69, 9.17) is 0 Å². The quantitative estimate of drug-likeness (QED) is 0.623. The zero-order valence-electron chi connectivity index (χ0n) is 16.6. The first kappa shape index (κ1) is 20.7. The topological polar surface area (TPSA) is 58.3 Å². The molecule has 2 amide bonds. The summed E-state index contributed by atoms with van der Waals surface area (Å²) in [7, 11) is 0. The summed E-state index contributed by atoms with van der Waals surface area (Å²) < 4.78 is 12.9. The number of carbonyl (C=O) groups excluding carboxylic acids is 2. The number of quaternary nitrogens is 2. The van der Waals surface area contributed by atoms with Gasteiger partial charge in [-0.15, -0.1) is 0 Å². The van der Waals surface area contributed by atoms with Crippen LogP contribution in [0.25, 0.3) is 0 Å². The zero-order valence-corrected chi connectivity index (χ0v) is 16.6. The van der Waals surface area contributed by atoms with Gasteiger partial charge in [-0.1, -0.05) is 6.42 Å². The van der Waals surface area contributed by atoms with E-state index in [1.54, 1.807) is 12.1 Å². The van der Waals surface area contributed by atoms with Crippen LogP contribution in [0, 0.1) is 5.82 Å². The maximum absolute atomic E-state index is 12.9. The number of rotatable bonds is 5. The van der Waals surface area contributed by atoms with Gasteiger partial charge in [0.25, 0.3) is 11.8 Å². The highest BCUT2D eigenvalue weighted by atomic mass is 19.1. The molecule has 154 valence electrons. The van der Waals surface area contributed by atoms with Crippen molar-refractivity contribution in [3.63, 3.8) is 0 Å². The Kier molecular flexibility index (Phi) is 7.80. The van der Waals surface area contributed by atoms with Crippen molar-refractivity contribution >= 4 is 17.5 Å². The SMILES string of the molecule is O=C(C[NH+]1CCN(C(=O)C[NH+]2CCCCCCC2)CC1)Nc1ccc(F)cc1. The Balaban J connectivity index is 1.38. The standard InChI is InChI=1S/C21H31FN4O2/c22-18-6-8-19(9-7-18)23-20(27)16-25-12-14-26(15-13-25)21(28)17-24-10-4-2-1-3-5-11-24/h6-9H,1-5,10-17H2,(H,23,27)/p+2. The highest BCUT2D eigenvalue weighted by Crippen LogP contribution is 2.07. The summed E-state index contributed by atoms with van der Waals surface area (Å²) in [6, 6.07) is 5.79. The van der Waals surface area contributed by atoms with Gasteiger partial charge in [-0.25, -0.2) is 4.39 Å². The van der Waals surface area contributed by atoms with Crippen molar-refractivity contribution in [2.75, 3.05) is 57.7 Å². The number of anilines is 1. The van der Waals surface area contributed by atoms with Gasteiger partial charge >= 0.3 is 0 Å². The van der Waals surface area contributed by atoms with Crippen LogP contribution in [0.15, 0.2) is 24.3 Å². The molecule has 0 saturated carbocycles. The summed E-state index contributed by atoms with van der Waals surface area (Å²) in [6.07, 6.45) is 6.37. The third-order valence-electron chi connectivity index (χ3n) is 5.82. The molecular weight excluding hydrogens is 359 g/mol. The van der Waals surface area contributed by atoms with Crippen LogP contribution in [0.5, 0.6) is 0 Å². The monoisotopic (exact) mass is 392 g/mol. The van der Waals surface area contributed by atoms with Crippen LogP contribution in [0.1, 0.15) is 32.1 Å². The van der Waals surface area contributed by atoms with E-state index in [1.807, 2.05) is 4.90 Å². The number of hydrogen-bond donors (Lipinski definition) is 3. The van der Waals surface area contributed by atoms with Gasteiger partial charge in [-0.3, -0.25) is 9.59 Å².